The molecular formula is C12H12ClNO. The zero-order valence-corrected chi connectivity index (χ0v) is 9.05. The maximum Gasteiger partial charge on any atom is 0.165 e. The van der Waals surface area contributed by atoms with Gasteiger partial charge in [0.25, 0.3) is 0 Å². The second-order valence-corrected chi connectivity index (χ2v) is 3.84. The Labute approximate surface area is 93.2 Å². The Balaban J connectivity index is 2.31. The van der Waals surface area contributed by atoms with E-state index in [1.807, 2.05) is 24.3 Å². The van der Waals surface area contributed by atoms with Crippen molar-refractivity contribution >= 4 is 28.3 Å². The lowest BCUT2D eigenvalue weighted by molar-refractivity contribution is 0.0983. The number of para-hydroxylation sites is 1. The van der Waals surface area contributed by atoms with E-state index in [9.17, 15) is 4.79 Å². The molecule has 0 bridgehead atoms. The molecule has 1 heterocycles. The molecule has 0 aliphatic heterocycles. The summed E-state index contributed by atoms with van der Waals surface area (Å²) in [5, 5.41) is 0.997. The fraction of sp³-hybridized carbons (Fsp3) is 0.250. The standard InChI is InChI=1S/C12H12ClNO/c13-7-3-6-12(15)10-8-14-11-5-2-1-4-9(10)11/h1-2,4-5,8,14H,3,6-7H2. The quantitative estimate of drug-likeness (QED) is 0.623. The SMILES string of the molecule is O=C(CCCCl)c1c[nH]c2ccccc12. The average Bonchev–Trinajstić information content (AvgIpc) is 2.69. The molecule has 0 spiro atoms. The van der Waals surface area contributed by atoms with Crippen molar-refractivity contribution in [2.45, 2.75) is 12.8 Å². The average molecular weight is 222 g/mol. The van der Waals surface area contributed by atoms with E-state index in [0.29, 0.717) is 12.3 Å². The lowest BCUT2D eigenvalue weighted by atomic mass is 10.1. The number of nitrogens with one attached hydrogen (secondary N) is 1. The number of ketones is 1. The van der Waals surface area contributed by atoms with Crippen molar-refractivity contribution in [2.24, 2.45) is 0 Å². The number of H-pyrrole nitrogens is 1. The van der Waals surface area contributed by atoms with Crippen molar-refractivity contribution in [3.63, 3.8) is 0 Å². The molecule has 3 heteroatoms. The summed E-state index contributed by atoms with van der Waals surface area (Å²) in [6, 6.07) is 7.81. The number of aromatic amines is 1. The third kappa shape index (κ3) is 2.05. The van der Waals surface area contributed by atoms with E-state index in [-0.39, 0.29) is 5.78 Å². The van der Waals surface area contributed by atoms with E-state index < -0.39 is 0 Å². The highest BCUT2D eigenvalue weighted by Crippen LogP contribution is 2.19. The number of rotatable bonds is 4. The molecule has 0 atom stereocenters. The van der Waals surface area contributed by atoms with Crippen molar-refractivity contribution in [3.05, 3.63) is 36.0 Å². The molecule has 2 rings (SSSR count). The molecule has 0 saturated carbocycles. The van der Waals surface area contributed by atoms with E-state index >= 15 is 0 Å². The molecule has 1 aromatic carbocycles. The molecule has 78 valence electrons. The molecule has 0 saturated heterocycles. The summed E-state index contributed by atoms with van der Waals surface area (Å²) in [6.07, 6.45) is 3.03. The minimum atomic E-state index is 0.160. The van der Waals surface area contributed by atoms with Gasteiger partial charge >= 0.3 is 0 Å². The fourth-order valence-electron chi connectivity index (χ4n) is 1.66. The molecule has 0 aliphatic carbocycles. The van der Waals surface area contributed by atoms with Crippen molar-refractivity contribution in [1.82, 2.24) is 4.98 Å². The zero-order chi connectivity index (χ0) is 10.7. The van der Waals surface area contributed by atoms with Gasteiger partial charge in [0.2, 0.25) is 0 Å². The van der Waals surface area contributed by atoms with E-state index in [4.69, 9.17) is 11.6 Å². The van der Waals surface area contributed by atoms with Gasteiger partial charge in [0.15, 0.2) is 5.78 Å². The normalized spacial score (nSPS) is 10.7. The molecule has 2 aromatic rings. The summed E-state index contributed by atoms with van der Waals surface area (Å²) in [7, 11) is 0. The Morgan fingerprint density at radius 2 is 2.13 bits per heavy atom. The molecule has 1 aromatic heterocycles. The predicted molar refractivity (Wildman–Crippen MR) is 62.6 cm³/mol. The Hall–Kier alpha value is -1.28. The van der Waals surface area contributed by atoms with Crippen molar-refractivity contribution < 1.29 is 4.79 Å². The van der Waals surface area contributed by atoms with Gasteiger partial charge in [0.1, 0.15) is 0 Å². The van der Waals surface area contributed by atoms with Crippen LogP contribution in [0.15, 0.2) is 30.5 Å². The van der Waals surface area contributed by atoms with Crippen LogP contribution in [-0.4, -0.2) is 16.6 Å². The Bertz CT molecular complexity index is 475. The first kappa shape index (κ1) is 10.2. The topological polar surface area (TPSA) is 32.9 Å². The van der Waals surface area contributed by atoms with E-state index in [2.05, 4.69) is 4.98 Å². The van der Waals surface area contributed by atoms with Gasteiger partial charge in [-0.25, -0.2) is 0 Å². The first-order valence-corrected chi connectivity index (χ1v) is 5.51. The largest absolute Gasteiger partial charge is 0.360 e. The summed E-state index contributed by atoms with van der Waals surface area (Å²) in [5.41, 5.74) is 1.78. The van der Waals surface area contributed by atoms with Crippen molar-refractivity contribution in [2.75, 3.05) is 5.88 Å². The van der Waals surface area contributed by atoms with Gasteiger partial charge in [-0.1, -0.05) is 18.2 Å². The Morgan fingerprint density at radius 3 is 2.93 bits per heavy atom. The number of alkyl halides is 1. The van der Waals surface area contributed by atoms with Crippen molar-refractivity contribution in [1.29, 1.82) is 0 Å². The molecule has 2 nitrogen and oxygen atoms in total. The van der Waals surface area contributed by atoms with Crippen LogP contribution in [0.2, 0.25) is 0 Å². The number of Topliss-reactive ketones (excluding diaryl/α,β-unsaturated/α-hetero) is 1. The van der Waals surface area contributed by atoms with Crippen molar-refractivity contribution in [3.8, 4) is 0 Å². The smallest absolute Gasteiger partial charge is 0.165 e. The minimum absolute atomic E-state index is 0.160. The first-order valence-electron chi connectivity index (χ1n) is 4.98. The van der Waals surface area contributed by atoms with Gasteiger partial charge in [0.05, 0.1) is 0 Å². The second-order valence-electron chi connectivity index (χ2n) is 3.46. The van der Waals surface area contributed by atoms with Gasteiger partial charge in [0, 0.05) is 35.0 Å². The number of carbonyl (C=O) groups excluding carboxylic acids is 1. The van der Waals surface area contributed by atoms with Crippen LogP contribution in [0.25, 0.3) is 10.9 Å². The van der Waals surface area contributed by atoms with Crippen LogP contribution in [0.5, 0.6) is 0 Å². The van der Waals surface area contributed by atoms with E-state index in [1.165, 1.54) is 0 Å². The number of benzene rings is 1. The maximum atomic E-state index is 11.8. The van der Waals surface area contributed by atoms with Gasteiger partial charge < -0.3 is 4.98 Å². The van der Waals surface area contributed by atoms with Crippen LogP contribution in [-0.2, 0) is 0 Å². The van der Waals surface area contributed by atoms with Crippen LogP contribution in [0.1, 0.15) is 23.2 Å². The van der Waals surface area contributed by atoms with Gasteiger partial charge in [-0.2, -0.15) is 0 Å². The van der Waals surface area contributed by atoms with Crippen LogP contribution >= 0.6 is 11.6 Å². The minimum Gasteiger partial charge on any atom is -0.360 e. The molecule has 0 amide bonds. The van der Waals surface area contributed by atoms with Gasteiger partial charge in [-0.15, -0.1) is 11.6 Å². The number of aromatic nitrogens is 1. The second kappa shape index (κ2) is 4.49. The molecule has 0 unspecified atom stereocenters. The zero-order valence-electron chi connectivity index (χ0n) is 8.29. The number of hydrogen-bond donors (Lipinski definition) is 1. The van der Waals surface area contributed by atoms with Crippen LogP contribution < -0.4 is 0 Å². The summed E-state index contributed by atoms with van der Waals surface area (Å²) in [6.45, 7) is 0. The monoisotopic (exact) mass is 221 g/mol. The molecule has 1 N–H and O–H groups in total. The van der Waals surface area contributed by atoms with Gasteiger partial charge in [-0.05, 0) is 12.5 Å². The number of fused-ring (bicyclic) bond motifs is 1. The third-order valence-electron chi connectivity index (χ3n) is 2.43. The molecular weight excluding hydrogens is 210 g/mol. The molecule has 15 heavy (non-hydrogen) atoms. The highest BCUT2D eigenvalue weighted by molar-refractivity contribution is 6.18. The lowest BCUT2D eigenvalue weighted by Crippen LogP contribution is -1.97. The third-order valence-corrected chi connectivity index (χ3v) is 2.69. The maximum absolute atomic E-state index is 11.8. The molecule has 0 radical (unpaired) electrons. The predicted octanol–water partition coefficient (Wildman–Crippen LogP) is 3.37. The molecule has 0 fully saturated rings. The summed E-state index contributed by atoms with van der Waals surface area (Å²) in [5.74, 6) is 0.696. The highest BCUT2D eigenvalue weighted by Gasteiger charge is 2.10. The van der Waals surface area contributed by atoms with E-state index in [1.54, 1.807) is 6.20 Å². The Kier molecular flexibility index (Phi) is 3.07. The number of halogens is 1. The van der Waals surface area contributed by atoms with Crippen LogP contribution in [0.4, 0.5) is 0 Å². The fourth-order valence-corrected chi connectivity index (χ4v) is 1.80. The summed E-state index contributed by atoms with van der Waals surface area (Å²) < 4.78 is 0. The van der Waals surface area contributed by atoms with Crippen LogP contribution in [0, 0.1) is 0 Å². The first-order chi connectivity index (χ1) is 7.33. The summed E-state index contributed by atoms with van der Waals surface area (Å²) >= 11 is 5.57. The lowest BCUT2D eigenvalue weighted by Gasteiger charge is -1.96. The van der Waals surface area contributed by atoms with Crippen LogP contribution in [0.3, 0.4) is 0 Å². The summed E-state index contributed by atoms with van der Waals surface area (Å²) in [4.78, 5) is 14.9. The molecule has 0 aliphatic rings. The van der Waals surface area contributed by atoms with E-state index in [0.717, 1.165) is 22.9 Å². The highest BCUT2D eigenvalue weighted by atomic mass is 35.5. The Morgan fingerprint density at radius 1 is 1.33 bits per heavy atom. The number of carbonyl (C=O) groups is 1. The number of hydrogen-bond acceptors (Lipinski definition) is 1. The van der Waals surface area contributed by atoms with Gasteiger partial charge in [-0.3, -0.25) is 4.79 Å².